The van der Waals surface area contributed by atoms with E-state index in [2.05, 4.69) is 0 Å². The van der Waals surface area contributed by atoms with Crippen LogP contribution in [-0.4, -0.2) is 14.5 Å². The number of hydrogen-bond acceptors (Lipinski definition) is 2. The highest BCUT2D eigenvalue weighted by molar-refractivity contribution is 6.08. The largest absolute Gasteiger partial charge is 0.494 e. The normalized spacial score (nSPS) is 9.45. The number of benzene rings is 1. The van der Waals surface area contributed by atoms with E-state index >= 15 is 0 Å². The van der Waals surface area contributed by atoms with Crippen LogP contribution in [0.4, 0.5) is 5.69 Å². The maximum Gasteiger partial charge on any atom is 0.121 e. The number of rotatable bonds is 3. The van der Waals surface area contributed by atoms with Gasteiger partial charge in [-0.25, -0.2) is 0 Å². The van der Waals surface area contributed by atoms with Crippen LogP contribution in [0.15, 0.2) is 24.3 Å². The Hall–Kier alpha value is -1.12. The molecule has 0 saturated carbocycles. The lowest BCUT2D eigenvalue weighted by Crippen LogP contribution is -1.96. The van der Waals surface area contributed by atoms with Crippen LogP contribution in [0.25, 0.3) is 0 Å². The van der Waals surface area contributed by atoms with Gasteiger partial charge in [-0.05, 0) is 12.1 Å². The zero-order chi connectivity index (χ0) is 8.10. The molecule has 1 aromatic carbocycles. The molecule has 3 heteroatoms. The fraction of sp³-hybridized carbons (Fsp3) is 0.250. The Morgan fingerprint density at radius 2 is 2.27 bits per heavy atom. The van der Waals surface area contributed by atoms with E-state index in [0.717, 1.165) is 5.75 Å². The van der Waals surface area contributed by atoms with Gasteiger partial charge >= 0.3 is 0 Å². The average Bonchev–Trinajstić information content (AvgIpc) is 2.01. The molecule has 0 aliphatic heterocycles. The van der Waals surface area contributed by atoms with Crippen LogP contribution in [0.5, 0.6) is 5.75 Å². The Morgan fingerprint density at radius 1 is 1.45 bits per heavy atom. The number of anilines is 1. The molecule has 2 nitrogen and oxygen atoms in total. The van der Waals surface area contributed by atoms with Crippen LogP contribution >= 0.6 is 0 Å². The fourth-order valence-corrected chi connectivity index (χ4v) is 0.781. The number of hydrogen-bond donors (Lipinski definition) is 1. The lowest BCUT2D eigenvalue weighted by atomic mass is 10.1. The average molecular weight is 147 g/mol. The minimum absolute atomic E-state index is 0.523. The summed E-state index contributed by atoms with van der Waals surface area (Å²) in [5.74, 6) is 0.774. The van der Waals surface area contributed by atoms with Crippen molar-refractivity contribution in [1.29, 1.82) is 0 Å². The molecule has 0 bridgehead atoms. The first kappa shape index (κ1) is 7.99. The van der Waals surface area contributed by atoms with E-state index in [4.69, 9.17) is 18.3 Å². The molecule has 2 N–H and O–H groups in total. The predicted molar refractivity (Wildman–Crippen MR) is 46.9 cm³/mol. The van der Waals surface area contributed by atoms with E-state index < -0.39 is 0 Å². The Labute approximate surface area is 67.8 Å². The highest BCUT2D eigenvalue weighted by Crippen LogP contribution is 2.14. The van der Waals surface area contributed by atoms with Gasteiger partial charge in [0.05, 0.1) is 14.5 Å². The first-order chi connectivity index (χ1) is 5.33. The second-order valence-corrected chi connectivity index (χ2v) is 2.21. The predicted octanol–water partition coefficient (Wildman–Crippen LogP) is 1.23. The van der Waals surface area contributed by atoms with Crippen molar-refractivity contribution in [1.82, 2.24) is 0 Å². The molecule has 2 radical (unpaired) electrons. The molecule has 1 rings (SSSR count). The minimum atomic E-state index is 0.523. The fourth-order valence-electron chi connectivity index (χ4n) is 0.781. The molecule has 0 fully saturated rings. The first-order valence-corrected chi connectivity index (χ1v) is 3.51. The summed E-state index contributed by atoms with van der Waals surface area (Å²) in [6, 6.07) is 7.29. The van der Waals surface area contributed by atoms with Gasteiger partial charge in [-0.1, -0.05) is 12.4 Å². The second-order valence-electron chi connectivity index (χ2n) is 2.21. The van der Waals surface area contributed by atoms with E-state index in [0.29, 0.717) is 18.6 Å². The zero-order valence-electron chi connectivity index (χ0n) is 6.29. The van der Waals surface area contributed by atoms with Crippen molar-refractivity contribution in [3.05, 3.63) is 24.3 Å². The van der Waals surface area contributed by atoms with Crippen LogP contribution in [0.3, 0.4) is 0 Å². The van der Waals surface area contributed by atoms with Gasteiger partial charge in [-0.3, -0.25) is 0 Å². The summed E-state index contributed by atoms with van der Waals surface area (Å²) in [5.41, 5.74) is 6.23. The van der Waals surface area contributed by atoms with Gasteiger partial charge in [-0.2, -0.15) is 0 Å². The summed E-state index contributed by atoms with van der Waals surface area (Å²) in [6.45, 7) is 0.531. The first-order valence-electron chi connectivity index (χ1n) is 3.51. The van der Waals surface area contributed by atoms with E-state index in [1.165, 1.54) is 0 Å². The van der Waals surface area contributed by atoms with Crippen LogP contribution < -0.4 is 10.5 Å². The Bertz CT molecular complexity index is 227. The van der Waals surface area contributed by atoms with Crippen LogP contribution in [0.1, 0.15) is 0 Å². The Kier molecular flexibility index (Phi) is 2.84. The van der Waals surface area contributed by atoms with Crippen molar-refractivity contribution < 1.29 is 4.74 Å². The lowest BCUT2D eigenvalue weighted by Gasteiger charge is -2.03. The summed E-state index contributed by atoms with van der Waals surface area (Å²) in [7, 11) is 5.26. The molecule has 11 heavy (non-hydrogen) atoms. The summed E-state index contributed by atoms with van der Waals surface area (Å²) in [4.78, 5) is 0. The molecule has 0 saturated heterocycles. The van der Waals surface area contributed by atoms with Gasteiger partial charge in [0.15, 0.2) is 0 Å². The maximum atomic E-state index is 5.52. The van der Waals surface area contributed by atoms with E-state index in [-0.39, 0.29) is 0 Å². The van der Waals surface area contributed by atoms with Crippen molar-refractivity contribution >= 4 is 13.5 Å². The van der Waals surface area contributed by atoms with E-state index in [9.17, 15) is 0 Å². The number of ether oxygens (including phenoxy) is 1. The molecule has 0 aromatic heterocycles. The van der Waals surface area contributed by atoms with Crippen molar-refractivity contribution in [2.45, 2.75) is 6.32 Å². The second kappa shape index (κ2) is 3.91. The highest BCUT2D eigenvalue weighted by atomic mass is 16.5. The van der Waals surface area contributed by atoms with Gasteiger partial charge in [-0.15, -0.1) is 0 Å². The third-order valence-corrected chi connectivity index (χ3v) is 1.24. The lowest BCUT2D eigenvalue weighted by molar-refractivity contribution is 0.340. The maximum absolute atomic E-state index is 5.52. The van der Waals surface area contributed by atoms with E-state index in [1.54, 1.807) is 6.07 Å². The summed E-state index contributed by atoms with van der Waals surface area (Å²) in [5, 5.41) is 0. The topological polar surface area (TPSA) is 35.2 Å². The Balaban J connectivity index is 2.56. The number of nitrogen functional groups attached to an aromatic ring is 1. The molecular formula is C8H10BNO. The third-order valence-electron chi connectivity index (χ3n) is 1.24. The molecule has 0 heterocycles. The molecular weight excluding hydrogens is 137 g/mol. The molecule has 56 valence electrons. The third kappa shape index (κ3) is 2.54. The molecule has 0 atom stereocenters. The summed E-state index contributed by atoms with van der Waals surface area (Å²) >= 11 is 0. The van der Waals surface area contributed by atoms with Crippen molar-refractivity contribution in [2.75, 3.05) is 12.3 Å². The molecule has 0 unspecified atom stereocenters. The standard InChI is InChI=1S/C8H10BNO/c9-4-5-11-8-3-1-2-7(10)6-8/h1-3,6H,4-5,10H2. The number of nitrogens with two attached hydrogens (primary N) is 1. The minimum Gasteiger partial charge on any atom is -0.494 e. The zero-order valence-corrected chi connectivity index (χ0v) is 6.29. The molecule has 0 amide bonds. The van der Waals surface area contributed by atoms with Crippen LogP contribution in [0, 0.1) is 0 Å². The van der Waals surface area contributed by atoms with Crippen LogP contribution in [0.2, 0.25) is 6.32 Å². The highest BCUT2D eigenvalue weighted by Gasteiger charge is 1.91. The molecule has 0 spiro atoms. The molecule has 0 aliphatic rings. The van der Waals surface area contributed by atoms with Gasteiger partial charge in [0, 0.05) is 11.8 Å². The van der Waals surface area contributed by atoms with Gasteiger partial charge in [0.2, 0.25) is 0 Å². The van der Waals surface area contributed by atoms with Crippen LogP contribution in [-0.2, 0) is 0 Å². The summed E-state index contributed by atoms with van der Waals surface area (Å²) in [6.07, 6.45) is 0.523. The van der Waals surface area contributed by atoms with Crippen molar-refractivity contribution in [3.63, 3.8) is 0 Å². The molecule has 1 aromatic rings. The monoisotopic (exact) mass is 147 g/mol. The van der Waals surface area contributed by atoms with Crippen molar-refractivity contribution in [3.8, 4) is 5.75 Å². The molecule has 0 aliphatic carbocycles. The quantitative estimate of drug-likeness (QED) is 0.515. The van der Waals surface area contributed by atoms with Crippen molar-refractivity contribution in [2.24, 2.45) is 0 Å². The van der Waals surface area contributed by atoms with Gasteiger partial charge < -0.3 is 10.5 Å². The Morgan fingerprint density at radius 3 is 2.91 bits per heavy atom. The summed E-state index contributed by atoms with van der Waals surface area (Å²) < 4.78 is 5.23. The SMILES string of the molecule is [B]CCOc1cccc(N)c1. The smallest absolute Gasteiger partial charge is 0.121 e. The van der Waals surface area contributed by atoms with E-state index in [1.807, 2.05) is 18.2 Å². The van der Waals surface area contributed by atoms with Gasteiger partial charge in [0.25, 0.3) is 0 Å². The van der Waals surface area contributed by atoms with Gasteiger partial charge in [0.1, 0.15) is 5.75 Å².